The molecule has 1 atom stereocenters. The Morgan fingerprint density at radius 2 is 1.94 bits per heavy atom. The monoisotopic (exact) mass is 256 g/mol. The molecule has 18 heavy (non-hydrogen) atoms. The number of aliphatic carboxylic acids is 1. The number of hydrogen-bond donors (Lipinski definition) is 1. The fourth-order valence-corrected chi connectivity index (χ4v) is 1.88. The molecule has 0 aliphatic carbocycles. The molecule has 0 amide bonds. The summed E-state index contributed by atoms with van der Waals surface area (Å²) in [5.41, 5.74) is 0. The van der Waals surface area contributed by atoms with E-state index in [1.54, 1.807) is 7.11 Å². The van der Waals surface area contributed by atoms with E-state index in [4.69, 9.17) is 9.84 Å². The van der Waals surface area contributed by atoms with Crippen LogP contribution in [0.4, 0.5) is 0 Å². The first-order valence-corrected chi connectivity index (χ1v) is 7.10. The number of hydrogen-bond acceptors (Lipinski definition) is 2. The van der Waals surface area contributed by atoms with Crippen molar-refractivity contribution in [2.45, 2.75) is 70.8 Å². The highest BCUT2D eigenvalue weighted by Gasteiger charge is 2.04. The molecule has 1 N–H and O–H groups in total. The molecule has 0 aromatic carbocycles. The second kappa shape index (κ2) is 12.6. The van der Waals surface area contributed by atoms with Crippen LogP contribution in [0.15, 0.2) is 12.2 Å². The average Bonchev–Trinajstić information content (AvgIpc) is 2.35. The van der Waals surface area contributed by atoms with E-state index in [0.717, 1.165) is 12.8 Å². The number of allylic oxidation sites excluding steroid dienone is 1. The standard InChI is InChI=1S/C15H28O3/c1-3-4-5-6-8-11-14(18-2)12-9-7-10-13-15(16)17/h7,9,14H,3-6,8,10-13H2,1-2H3,(H,16,17)/t14-/m1/s1. The number of unbranched alkanes of at least 4 members (excludes halogenated alkanes) is 4. The van der Waals surface area contributed by atoms with Crippen molar-refractivity contribution in [3.63, 3.8) is 0 Å². The molecule has 3 nitrogen and oxygen atoms in total. The first-order chi connectivity index (χ1) is 8.70. The molecule has 0 aliphatic heterocycles. The predicted octanol–water partition coefficient (Wildman–Crippen LogP) is 4.17. The molecule has 0 spiro atoms. The Bertz CT molecular complexity index is 224. The molecule has 0 aromatic heterocycles. The van der Waals surface area contributed by atoms with Gasteiger partial charge in [0.05, 0.1) is 6.10 Å². The maximum atomic E-state index is 10.3. The van der Waals surface area contributed by atoms with Crippen molar-refractivity contribution in [1.82, 2.24) is 0 Å². The smallest absolute Gasteiger partial charge is 0.303 e. The molecular formula is C15H28O3. The van der Waals surface area contributed by atoms with Crippen molar-refractivity contribution in [2.75, 3.05) is 7.11 Å². The summed E-state index contributed by atoms with van der Waals surface area (Å²) in [5, 5.41) is 8.50. The van der Waals surface area contributed by atoms with Crippen LogP contribution in [0.5, 0.6) is 0 Å². The van der Waals surface area contributed by atoms with Gasteiger partial charge in [-0.1, -0.05) is 51.2 Å². The van der Waals surface area contributed by atoms with E-state index in [1.165, 1.54) is 32.1 Å². The molecule has 0 rings (SSSR count). The van der Waals surface area contributed by atoms with Gasteiger partial charge in [-0.05, 0) is 19.3 Å². The van der Waals surface area contributed by atoms with Crippen LogP contribution in [-0.2, 0) is 9.53 Å². The summed E-state index contributed by atoms with van der Waals surface area (Å²) in [6, 6.07) is 0. The Balaban J connectivity index is 3.54. The van der Waals surface area contributed by atoms with Gasteiger partial charge in [0.25, 0.3) is 0 Å². The number of carboxylic acids is 1. The van der Waals surface area contributed by atoms with E-state index in [1.807, 2.05) is 12.2 Å². The van der Waals surface area contributed by atoms with E-state index >= 15 is 0 Å². The van der Waals surface area contributed by atoms with Crippen molar-refractivity contribution >= 4 is 5.97 Å². The van der Waals surface area contributed by atoms with Crippen LogP contribution in [0.3, 0.4) is 0 Å². The van der Waals surface area contributed by atoms with Crippen LogP contribution >= 0.6 is 0 Å². The Hall–Kier alpha value is -0.830. The number of carboxylic acid groups (broad SMARTS) is 1. The van der Waals surface area contributed by atoms with Gasteiger partial charge in [-0.25, -0.2) is 0 Å². The zero-order valence-electron chi connectivity index (χ0n) is 11.9. The van der Waals surface area contributed by atoms with Gasteiger partial charge >= 0.3 is 5.97 Å². The maximum absolute atomic E-state index is 10.3. The van der Waals surface area contributed by atoms with Crippen LogP contribution in [-0.4, -0.2) is 24.3 Å². The highest BCUT2D eigenvalue weighted by atomic mass is 16.5. The lowest BCUT2D eigenvalue weighted by Gasteiger charge is -2.12. The van der Waals surface area contributed by atoms with E-state index in [9.17, 15) is 4.79 Å². The van der Waals surface area contributed by atoms with Crippen molar-refractivity contribution in [3.8, 4) is 0 Å². The summed E-state index contributed by atoms with van der Waals surface area (Å²) in [6.07, 6.45) is 13.5. The third kappa shape index (κ3) is 11.6. The maximum Gasteiger partial charge on any atom is 0.303 e. The van der Waals surface area contributed by atoms with Crippen molar-refractivity contribution < 1.29 is 14.6 Å². The van der Waals surface area contributed by atoms with E-state index in [0.29, 0.717) is 6.42 Å². The van der Waals surface area contributed by atoms with Gasteiger partial charge in [0.1, 0.15) is 0 Å². The summed E-state index contributed by atoms with van der Waals surface area (Å²) in [6.45, 7) is 2.22. The van der Waals surface area contributed by atoms with Gasteiger partial charge in [-0.2, -0.15) is 0 Å². The molecule has 0 aliphatic rings. The Kier molecular flexibility index (Phi) is 12.0. The Morgan fingerprint density at radius 3 is 2.56 bits per heavy atom. The third-order valence-corrected chi connectivity index (χ3v) is 3.05. The van der Waals surface area contributed by atoms with Crippen LogP contribution in [0.2, 0.25) is 0 Å². The largest absolute Gasteiger partial charge is 0.481 e. The minimum atomic E-state index is -0.737. The van der Waals surface area contributed by atoms with Crippen LogP contribution in [0, 0.1) is 0 Å². The molecule has 0 saturated heterocycles. The summed E-state index contributed by atoms with van der Waals surface area (Å²) in [4.78, 5) is 10.3. The van der Waals surface area contributed by atoms with Crippen molar-refractivity contribution in [2.24, 2.45) is 0 Å². The third-order valence-electron chi connectivity index (χ3n) is 3.05. The lowest BCUT2D eigenvalue weighted by atomic mass is 10.1. The summed E-state index contributed by atoms with van der Waals surface area (Å²) < 4.78 is 5.42. The lowest BCUT2D eigenvalue weighted by Crippen LogP contribution is -2.08. The summed E-state index contributed by atoms with van der Waals surface area (Å²) in [7, 11) is 1.75. The van der Waals surface area contributed by atoms with Gasteiger partial charge in [0.2, 0.25) is 0 Å². The molecule has 3 heteroatoms. The molecule has 0 radical (unpaired) electrons. The molecule has 0 heterocycles. The molecule has 0 unspecified atom stereocenters. The Labute approximate surface area is 111 Å². The van der Waals surface area contributed by atoms with Crippen LogP contribution in [0.1, 0.15) is 64.7 Å². The van der Waals surface area contributed by atoms with Gasteiger partial charge in [-0.3, -0.25) is 4.79 Å². The lowest BCUT2D eigenvalue weighted by molar-refractivity contribution is -0.136. The summed E-state index contributed by atoms with van der Waals surface area (Å²) in [5.74, 6) is -0.737. The second-order valence-corrected chi connectivity index (χ2v) is 4.70. The van der Waals surface area contributed by atoms with Gasteiger partial charge in [-0.15, -0.1) is 0 Å². The first-order valence-electron chi connectivity index (χ1n) is 7.10. The van der Waals surface area contributed by atoms with Gasteiger partial charge in [0.15, 0.2) is 0 Å². The molecular weight excluding hydrogens is 228 g/mol. The van der Waals surface area contributed by atoms with Gasteiger partial charge in [0, 0.05) is 13.5 Å². The highest BCUT2D eigenvalue weighted by molar-refractivity contribution is 5.66. The minimum Gasteiger partial charge on any atom is -0.481 e. The number of ether oxygens (including phenoxy) is 1. The topological polar surface area (TPSA) is 46.5 Å². The second-order valence-electron chi connectivity index (χ2n) is 4.70. The Morgan fingerprint density at radius 1 is 1.22 bits per heavy atom. The van der Waals surface area contributed by atoms with Crippen molar-refractivity contribution in [3.05, 3.63) is 12.2 Å². The van der Waals surface area contributed by atoms with Crippen LogP contribution in [0.25, 0.3) is 0 Å². The highest BCUT2D eigenvalue weighted by Crippen LogP contribution is 2.12. The zero-order chi connectivity index (χ0) is 13.6. The fraction of sp³-hybridized carbons (Fsp3) is 0.800. The number of carbonyl (C=O) groups is 1. The zero-order valence-corrected chi connectivity index (χ0v) is 11.9. The fourth-order valence-electron chi connectivity index (χ4n) is 1.88. The predicted molar refractivity (Wildman–Crippen MR) is 74.8 cm³/mol. The van der Waals surface area contributed by atoms with Gasteiger partial charge < -0.3 is 9.84 Å². The SMILES string of the molecule is CCCCCCC[C@H](CC=CCCC(=O)O)OC. The number of rotatable bonds is 12. The average molecular weight is 256 g/mol. The summed E-state index contributed by atoms with van der Waals surface area (Å²) >= 11 is 0. The molecule has 0 aromatic rings. The number of methoxy groups -OCH3 is 1. The normalized spacial score (nSPS) is 13.0. The molecule has 0 bridgehead atoms. The van der Waals surface area contributed by atoms with E-state index in [2.05, 4.69) is 6.92 Å². The molecule has 0 saturated carbocycles. The van der Waals surface area contributed by atoms with Crippen molar-refractivity contribution in [1.29, 1.82) is 0 Å². The minimum absolute atomic E-state index is 0.213. The van der Waals surface area contributed by atoms with E-state index in [-0.39, 0.29) is 12.5 Å². The molecule has 0 fully saturated rings. The quantitative estimate of drug-likeness (QED) is 0.421. The first kappa shape index (κ1) is 17.2. The van der Waals surface area contributed by atoms with Crippen LogP contribution < -0.4 is 0 Å². The molecule has 106 valence electrons. The van der Waals surface area contributed by atoms with E-state index < -0.39 is 5.97 Å².